The van der Waals surface area contributed by atoms with E-state index >= 15 is 0 Å². The fourth-order valence-electron chi connectivity index (χ4n) is 1.71. The summed E-state index contributed by atoms with van der Waals surface area (Å²) < 4.78 is 25.1. The molecule has 124 valence electrons. The third kappa shape index (κ3) is 3.92. The van der Waals surface area contributed by atoms with Crippen molar-refractivity contribution in [2.24, 2.45) is 0 Å². The summed E-state index contributed by atoms with van der Waals surface area (Å²) in [6.45, 7) is 0.536. The molecule has 0 saturated heterocycles. The average molecular weight is 328 g/mol. The van der Waals surface area contributed by atoms with E-state index < -0.39 is 36.4 Å². The Labute approximate surface area is 128 Å². The SMILES string of the molecule is CC(O)(CNC(=O)Nc1ccc2nc(C(F)F)[nH]c2c1)C(=O)O. The van der Waals surface area contributed by atoms with E-state index in [0.717, 1.165) is 6.92 Å². The van der Waals surface area contributed by atoms with Gasteiger partial charge in [0.1, 0.15) is 0 Å². The Kier molecular flexibility index (Phi) is 4.45. The molecule has 1 aromatic heterocycles. The van der Waals surface area contributed by atoms with Gasteiger partial charge < -0.3 is 25.8 Å². The van der Waals surface area contributed by atoms with Gasteiger partial charge in [0, 0.05) is 5.69 Å². The maximum atomic E-state index is 12.5. The third-order valence-corrected chi connectivity index (χ3v) is 3.02. The zero-order valence-electron chi connectivity index (χ0n) is 11.9. The number of carboxylic acids is 1. The van der Waals surface area contributed by atoms with Crippen LogP contribution in [0.2, 0.25) is 0 Å². The Morgan fingerprint density at radius 2 is 2.13 bits per heavy atom. The first-order valence-corrected chi connectivity index (χ1v) is 6.47. The number of carbonyl (C=O) groups is 2. The Bertz CT molecular complexity index is 745. The van der Waals surface area contributed by atoms with Gasteiger partial charge in [-0.25, -0.2) is 23.4 Å². The van der Waals surface area contributed by atoms with Gasteiger partial charge >= 0.3 is 12.0 Å². The molecule has 0 aliphatic rings. The number of hydrogen-bond donors (Lipinski definition) is 5. The number of alkyl halides is 2. The van der Waals surface area contributed by atoms with Crippen LogP contribution in [-0.4, -0.2) is 44.3 Å². The van der Waals surface area contributed by atoms with Gasteiger partial charge in [-0.15, -0.1) is 0 Å². The number of carboxylic acid groups (broad SMARTS) is 1. The number of rotatable bonds is 5. The number of amides is 2. The summed E-state index contributed by atoms with van der Waals surface area (Å²) >= 11 is 0. The Hall–Kier alpha value is -2.75. The van der Waals surface area contributed by atoms with Crippen molar-refractivity contribution in [2.45, 2.75) is 19.0 Å². The van der Waals surface area contributed by atoms with Gasteiger partial charge in [-0.3, -0.25) is 0 Å². The van der Waals surface area contributed by atoms with Crippen LogP contribution in [0.25, 0.3) is 11.0 Å². The molecular formula is C13H14F2N4O4. The second-order valence-corrected chi connectivity index (χ2v) is 5.04. The fraction of sp³-hybridized carbons (Fsp3) is 0.308. The van der Waals surface area contributed by atoms with Gasteiger partial charge in [0.25, 0.3) is 6.43 Å². The van der Waals surface area contributed by atoms with Gasteiger partial charge in [-0.2, -0.15) is 0 Å². The van der Waals surface area contributed by atoms with Crippen molar-refractivity contribution in [1.29, 1.82) is 0 Å². The monoisotopic (exact) mass is 328 g/mol. The van der Waals surface area contributed by atoms with Crippen molar-refractivity contribution in [1.82, 2.24) is 15.3 Å². The number of aliphatic hydroxyl groups is 1. The quantitative estimate of drug-likeness (QED) is 0.568. The van der Waals surface area contributed by atoms with Crippen LogP contribution in [0, 0.1) is 0 Å². The van der Waals surface area contributed by atoms with E-state index in [0.29, 0.717) is 11.0 Å². The lowest BCUT2D eigenvalue weighted by atomic mass is 10.1. The summed E-state index contributed by atoms with van der Waals surface area (Å²) in [4.78, 5) is 28.5. The molecule has 0 aliphatic heterocycles. The maximum Gasteiger partial charge on any atom is 0.337 e. The zero-order valence-corrected chi connectivity index (χ0v) is 11.9. The summed E-state index contributed by atoms with van der Waals surface area (Å²) in [6.07, 6.45) is -2.74. The summed E-state index contributed by atoms with van der Waals surface area (Å²) in [7, 11) is 0. The van der Waals surface area contributed by atoms with Gasteiger partial charge in [0.2, 0.25) is 0 Å². The van der Waals surface area contributed by atoms with Crippen molar-refractivity contribution in [2.75, 3.05) is 11.9 Å². The predicted octanol–water partition coefficient (Wildman–Crippen LogP) is 1.46. The molecule has 2 rings (SSSR count). The predicted molar refractivity (Wildman–Crippen MR) is 76.3 cm³/mol. The number of anilines is 1. The van der Waals surface area contributed by atoms with Crippen molar-refractivity contribution in [3.63, 3.8) is 0 Å². The molecule has 1 heterocycles. The molecular weight excluding hydrogens is 314 g/mol. The van der Waals surface area contributed by atoms with Crippen LogP contribution in [0.1, 0.15) is 19.2 Å². The fourth-order valence-corrected chi connectivity index (χ4v) is 1.71. The van der Waals surface area contributed by atoms with Gasteiger partial charge in [-0.05, 0) is 25.1 Å². The van der Waals surface area contributed by atoms with E-state index in [1.807, 2.05) is 0 Å². The number of urea groups is 1. The zero-order chi connectivity index (χ0) is 17.2. The number of aliphatic carboxylic acids is 1. The van der Waals surface area contributed by atoms with E-state index in [4.69, 9.17) is 5.11 Å². The number of aromatic amines is 1. The normalized spacial score (nSPS) is 13.8. The number of nitrogens with one attached hydrogen (secondary N) is 3. The van der Waals surface area contributed by atoms with Crippen LogP contribution in [0.15, 0.2) is 18.2 Å². The minimum Gasteiger partial charge on any atom is -0.479 e. The topological polar surface area (TPSA) is 127 Å². The second-order valence-electron chi connectivity index (χ2n) is 5.04. The first-order chi connectivity index (χ1) is 10.7. The number of hydrogen-bond acceptors (Lipinski definition) is 4. The maximum absolute atomic E-state index is 12.5. The van der Waals surface area contributed by atoms with E-state index in [9.17, 15) is 23.5 Å². The minimum atomic E-state index is -2.74. The average Bonchev–Trinajstić information content (AvgIpc) is 2.88. The van der Waals surface area contributed by atoms with E-state index in [2.05, 4.69) is 20.6 Å². The first kappa shape index (κ1) is 16.6. The molecule has 2 aromatic rings. The highest BCUT2D eigenvalue weighted by Gasteiger charge is 2.30. The molecule has 2 amide bonds. The lowest BCUT2D eigenvalue weighted by molar-refractivity contribution is -0.155. The van der Waals surface area contributed by atoms with Crippen molar-refractivity contribution >= 4 is 28.7 Å². The van der Waals surface area contributed by atoms with E-state index in [-0.39, 0.29) is 5.69 Å². The molecule has 0 radical (unpaired) electrons. The number of carbonyl (C=O) groups excluding carboxylic acids is 1. The summed E-state index contributed by atoms with van der Waals surface area (Å²) in [5.41, 5.74) is -1.18. The Morgan fingerprint density at radius 1 is 1.43 bits per heavy atom. The Balaban J connectivity index is 2.03. The molecule has 0 saturated carbocycles. The molecule has 0 fully saturated rings. The second kappa shape index (κ2) is 6.16. The number of nitrogens with zero attached hydrogens (tertiary/aromatic N) is 1. The molecule has 0 aliphatic carbocycles. The van der Waals surface area contributed by atoms with Crippen LogP contribution < -0.4 is 10.6 Å². The minimum absolute atomic E-state index is 0.287. The third-order valence-electron chi connectivity index (χ3n) is 3.02. The van der Waals surface area contributed by atoms with Crippen molar-refractivity contribution in [3.8, 4) is 0 Å². The van der Waals surface area contributed by atoms with Crippen molar-refractivity contribution in [3.05, 3.63) is 24.0 Å². The van der Waals surface area contributed by atoms with Gasteiger partial charge in [0.05, 0.1) is 17.6 Å². The molecule has 5 N–H and O–H groups in total. The summed E-state index contributed by atoms with van der Waals surface area (Å²) in [6, 6.07) is 3.55. The number of imidazole rings is 1. The standard InChI is InChI=1S/C13H14F2N4O4/c1-13(23,11(20)21)5-16-12(22)17-6-2-3-7-8(4-6)19-10(18-7)9(14)15/h2-4,9,23H,5H2,1H3,(H,18,19)(H,20,21)(H2,16,17,22). The highest BCUT2D eigenvalue weighted by atomic mass is 19.3. The summed E-state index contributed by atoms with van der Waals surface area (Å²) in [5.74, 6) is -1.95. The van der Waals surface area contributed by atoms with Gasteiger partial charge in [0.15, 0.2) is 11.4 Å². The first-order valence-electron chi connectivity index (χ1n) is 6.47. The molecule has 10 heteroatoms. The number of halogens is 2. The number of fused-ring (bicyclic) bond motifs is 1. The van der Waals surface area contributed by atoms with Crippen molar-refractivity contribution < 1.29 is 28.6 Å². The number of H-pyrrole nitrogens is 1. The highest BCUT2D eigenvalue weighted by molar-refractivity contribution is 5.92. The van der Waals surface area contributed by atoms with E-state index in [1.54, 1.807) is 0 Å². The molecule has 1 atom stereocenters. The van der Waals surface area contributed by atoms with E-state index in [1.165, 1.54) is 18.2 Å². The Morgan fingerprint density at radius 3 is 2.74 bits per heavy atom. The van der Waals surface area contributed by atoms with Crippen LogP contribution in [0.5, 0.6) is 0 Å². The largest absolute Gasteiger partial charge is 0.479 e. The molecule has 23 heavy (non-hydrogen) atoms. The molecule has 0 spiro atoms. The number of aromatic nitrogens is 2. The number of benzene rings is 1. The smallest absolute Gasteiger partial charge is 0.337 e. The molecule has 0 bridgehead atoms. The molecule has 1 unspecified atom stereocenters. The van der Waals surface area contributed by atoms with Crippen LogP contribution in [-0.2, 0) is 4.79 Å². The summed E-state index contributed by atoms with van der Waals surface area (Å²) in [5, 5.41) is 22.8. The lowest BCUT2D eigenvalue weighted by Crippen LogP contribution is -2.47. The molecule has 1 aromatic carbocycles. The highest BCUT2D eigenvalue weighted by Crippen LogP contribution is 2.22. The lowest BCUT2D eigenvalue weighted by Gasteiger charge is -2.18. The molecule has 8 nitrogen and oxygen atoms in total. The van der Waals surface area contributed by atoms with Gasteiger partial charge in [-0.1, -0.05) is 0 Å². The van der Waals surface area contributed by atoms with Crippen LogP contribution in [0.4, 0.5) is 19.3 Å². The van der Waals surface area contributed by atoms with Crippen LogP contribution in [0.3, 0.4) is 0 Å². The van der Waals surface area contributed by atoms with Crippen LogP contribution >= 0.6 is 0 Å².